The first-order valence-corrected chi connectivity index (χ1v) is 6.85. The minimum Gasteiger partial charge on any atom is -0.349 e. The summed E-state index contributed by atoms with van der Waals surface area (Å²) in [5.74, 6) is -0.113. The molecule has 2 aromatic rings. The third-order valence-electron chi connectivity index (χ3n) is 3.51. The molecule has 1 atom stereocenters. The molecule has 1 aromatic heterocycles. The van der Waals surface area contributed by atoms with Crippen molar-refractivity contribution in [3.05, 3.63) is 42.0 Å². The zero-order valence-corrected chi connectivity index (χ0v) is 12.6. The summed E-state index contributed by atoms with van der Waals surface area (Å²) in [5, 5.41) is 10.8. The number of aromatic nitrogens is 3. The Morgan fingerprint density at radius 2 is 2.09 bits per heavy atom. The maximum Gasteiger partial charge on any atom is 0.273 e. The summed E-state index contributed by atoms with van der Waals surface area (Å²) >= 11 is 0. The molecule has 3 N–H and O–H groups in total. The lowest BCUT2D eigenvalue weighted by molar-refractivity contribution is 0.0945. The molecule has 8 heteroatoms. The Bertz CT molecular complexity index is 641. The Balaban J connectivity index is 0.00000176. The number of hydrogen-bond donors (Lipinski definition) is 2. The molecule has 1 aromatic carbocycles. The highest BCUT2D eigenvalue weighted by molar-refractivity contribution is 5.91. The first-order valence-electron chi connectivity index (χ1n) is 6.85. The molecule has 118 valence electrons. The molecule has 1 aliphatic carbocycles. The van der Waals surface area contributed by atoms with Gasteiger partial charge in [-0.05, 0) is 43.0 Å². The molecule has 0 spiro atoms. The molecule has 1 amide bonds. The minimum atomic E-state index is -0.335. The molecule has 1 saturated carbocycles. The van der Waals surface area contributed by atoms with Gasteiger partial charge in [0.25, 0.3) is 5.91 Å². The van der Waals surface area contributed by atoms with E-state index in [1.807, 2.05) is 0 Å². The molecule has 1 aliphatic rings. The van der Waals surface area contributed by atoms with Crippen molar-refractivity contribution < 1.29 is 9.18 Å². The second-order valence-electron chi connectivity index (χ2n) is 5.21. The first kappa shape index (κ1) is 16.4. The molecule has 0 radical (unpaired) electrons. The number of halogens is 2. The number of nitrogens with zero attached hydrogens (tertiary/aromatic N) is 3. The van der Waals surface area contributed by atoms with E-state index in [2.05, 4.69) is 15.5 Å². The Morgan fingerprint density at radius 3 is 2.73 bits per heavy atom. The van der Waals surface area contributed by atoms with Gasteiger partial charge in [-0.2, -0.15) is 9.90 Å². The number of nitrogens with two attached hydrogens (primary N) is 1. The summed E-state index contributed by atoms with van der Waals surface area (Å²) in [5.41, 5.74) is 6.72. The number of carbonyl (C=O) groups excluding carboxylic acids is 1. The predicted octanol–water partition coefficient (Wildman–Crippen LogP) is 1.30. The lowest BCUT2D eigenvalue weighted by Gasteiger charge is -2.10. The second kappa shape index (κ2) is 6.85. The Labute approximate surface area is 133 Å². The zero-order valence-electron chi connectivity index (χ0n) is 11.8. The van der Waals surface area contributed by atoms with Gasteiger partial charge in [-0.25, -0.2) is 4.39 Å². The quantitative estimate of drug-likeness (QED) is 0.867. The molecule has 0 bridgehead atoms. The lowest BCUT2D eigenvalue weighted by atomic mass is 10.2. The van der Waals surface area contributed by atoms with Gasteiger partial charge in [0, 0.05) is 12.6 Å². The predicted molar refractivity (Wildman–Crippen MR) is 81.6 cm³/mol. The van der Waals surface area contributed by atoms with Crippen LogP contribution in [0.3, 0.4) is 0 Å². The van der Waals surface area contributed by atoms with Crippen LogP contribution in [0, 0.1) is 11.7 Å². The van der Waals surface area contributed by atoms with E-state index in [4.69, 9.17) is 5.73 Å². The Morgan fingerprint density at radius 1 is 1.41 bits per heavy atom. The third-order valence-corrected chi connectivity index (χ3v) is 3.51. The number of carbonyl (C=O) groups is 1. The van der Waals surface area contributed by atoms with Crippen molar-refractivity contribution in [3.8, 4) is 5.69 Å². The maximum absolute atomic E-state index is 12.9. The van der Waals surface area contributed by atoms with Gasteiger partial charge in [0.2, 0.25) is 0 Å². The van der Waals surface area contributed by atoms with Gasteiger partial charge < -0.3 is 11.1 Å². The van der Waals surface area contributed by atoms with Crippen molar-refractivity contribution in [2.24, 2.45) is 11.7 Å². The van der Waals surface area contributed by atoms with Crippen LogP contribution in [0.2, 0.25) is 0 Å². The van der Waals surface area contributed by atoms with Crippen LogP contribution >= 0.6 is 12.4 Å². The topological polar surface area (TPSA) is 85.8 Å². The van der Waals surface area contributed by atoms with Crippen molar-refractivity contribution in [1.82, 2.24) is 20.3 Å². The summed E-state index contributed by atoms with van der Waals surface area (Å²) in [6, 6.07) is 5.71. The highest BCUT2D eigenvalue weighted by Gasteiger charge is 2.28. The number of nitrogens with one attached hydrogen (secondary N) is 1. The van der Waals surface area contributed by atoms with E-state index in [1.54, 1.807) is 12.1 Å². The monoisotopic (exact) mass is 325 g/mol. The highest BCUT2D eigenvalue weighted by Crippen LogP contribution is 2.31. The van der Waals surface area contributed by atoms with Gasteiger partial charge in [-0.1, -0.05) is 0 Å². The van der Waals surface area contributed by atoms with Gasteiger partial charge >= 0.3 is 0 Å². The molecule has 3 rings (SSSR count). The van der Waals surface area contributed by atoms with Gasteiger partial charge in [-0.3, -0.25) is 4.79 Å². The van der Waals surface area contributed by atoms with Crippen molar-refractivity contribution in [2.45, 2.75) is 18.9 Å². The summed E-state index contributed by atoms with van der Waals surface area (Å²) in [4.78, 5) is 13.2. The fraction of sp³-hybridized carbons (Fsp3) is 0.357. The van der Waals surface area contributed by atoms with Crippen LogP contribution < -0.4 is 11.1 Å². The second-order valence-corrected chi connectivity index (χ2v) is 5.21. The van der Waals surface area contributed by atoms with E-state index in [1.165, 1.54) is 23.1 Å². The summed E-state index contributed by atoms with van der Waals surface area (Å²) < 4.78 is 12.9. The van der Waals surface area contributed by atoms with Gasteiger partial charge in [-0.15, -0.1) is 17.5 Å². The van der Waals surface area contributed by atoms with Crippen LogP contribution in [-0.2, 0) is 0 Å². The minimum absolute atomic E-state index is 0. The van der Waals surface area contributed by atoms with Crippen LogP contribution in [0.1, 0.15) is 23.3 Å². The van der Waals surface area contributed by atoms with Gasteiger partial charge in [0.1, 0.15) is 5.82 Å². The van der Waals surface area contributed by atoms with Gasteiger partial charge in [0.05, 0.1) is 11.9 Å². The Kier molecular flexibility index (Phi) is 5.10. The number of hydrogen-bond acceptors (Lipinski definition) is 4. The number of amides is 1. The first-order chi connectivity index (χ1) is 10.1. The van der Waals surface area contributed by atoms with Crippen LogP contribution in [0.4, 0.5) is 4.39 Å². The van der Waals surface area contributed by atoms with Crippen LogP contribution in [0.25, 0.3) is 5.69 Å². The summed E-state index contributed by atoms with van der Waals surface area (Å²) in [6.07, 6.45) is 3.65. The molecule has 1 unspecified atom stereocenters. The van der Waals surface area contributed by atoms with E-state index in [0.29, 0.717) is 18.2 Å². The number of benzene rings is 1. The average molecular weight is 326 g/mol. The summed E-state index contributed by atoms with van der Waals surface area (Å²) in [6.45, 7) is 0.437. The van der Waals surface area contributed by atoms with E-state index in [0.717, 1.165) is 12.8 Å². The van der Waals surface area contributed by atoms with Gasteiger partial charge in [0.15, 0.2) is 5.69 Å². The molecule has 1 heterocycles. The van der Waals surface area contributed by atoms with E-state index < -0.39 is 0 Å². The fourth-order valence-electron chi connectivity index (χ4n) is 2.06. The largest absolute Gasteiger partial charge is 0.349 e. The van der Waals surface area contributed by atoms with E-state index in [9.17, 15) is 9.18 Å². The highest BCUT2D eigenvalue weighted by atomic mass is 35.5. The molecular formula is C14H17ClFN5O. The molecule has 0 saturated heterocycles. The number of rotatable bonds is 5. The van der Waals surface area contributed by atoms with Crippen LogP contribution in [0.15, 0.2) is 30.5 Å². The summed E-state index contributed by atoms with van der Waals surface area (Å²) in [7, 11) is 0. The normalized spacial score (nSPS) is 15.0. The van der Waals surface area contributed by atoms with E-state index >= 15 is 0 Å². The molecular weight excluding hydrogens is 309 g/mol. The average Bonchev–Trinajstić information content (AvgIpc) is 3.23. The molecule has 22 heavy (non-hydrogen) atoms. The van der Waals surface area contributed by atoms with Crippen molar-refractivity contribution in [3.63, 3.8) is 0 Å². The standard InChI is InChI=1S/C14H16FN5O.ClH/c15-10-3-5-11(6-4-10)20-18-8-13(19-20)14(21)17-7-12(16)9-1-2-9;/h3-6,8-9,12H,1-2,7,16H2,(H,17,21);1H. The smallest absolute Gasteiger partial charge is 0.273 e. The zero-order chi connectivity index (χ0) is 14.8. The maximum atomic E-state index is 12.9. The Hall–Kier alpha value is -1.99. The van der Waals surface area contributed by atoms with Crippen LogP contribution in [0.5, 0.6) is 0 Å². The molecule has 1 fully saturated rings. The molecule has 6 nitrogen and oxygen atoms in total. The SMILES string of the molecule is Cl.NC(CNC(=O)c1cnn(-c2ccc(F)cc2)n1)C1CC1. The van der Waals surface area contributed by atoms with Crippen molar-refractivity contribution in [1.29, 1.82) is 0 Å². The fourth-order valence-corrected chi connectivity index (χ4v) is 2.06. The lowest BCUT2D eigenvalue weighted by Crippen LogP contribution is -2.38. The molecule has 0 aliphatic heterocycles. The van der Waals surface area contributed by atoms with Crippen molar-refractivity contribution in [2.75, 3.05) is 6.54 Å². The third kappa shape index (κ3) is 3.80. The van der Waals surface area contributed by atoms with E-state index in [-0.39, 0.29) is 35.9 Å². The van der Waals surface area contributed by atoms with Crippen molar-refractivity contribution >= 4 is 18.3 Å². The van der Waals surface area contributed by atoms with Crippen LogP contribution in [-0.4, -0.2) is 33.5 Å².